The molecule has 3 aromatic rings. The Morgan fingerprint density at radius 1 is 1.00 bits per heavy atom. The summed E-state index contributed by atoms with van der Waals surface area (Å²) in [5.74, 6) is 0.896. The van der Waals surface area contributed by atoms with E-state index in [0.29, 0.717) is 0 Å². The molecule has 0 radical (unpaired) electrons. The Hall–Kier alpha value is -2.59. The Morgan fingerprint density at radius 3 is 2.64 bits per heavy atom. The van der Waals surface area contributed by atoms with Gasteiger partial charge in [0.2, 0.25) is 0 Å². The highest BCUT2D eigenvalue weighted by Crippen LogP contribution is 2.50. The molecular formula is C24H21BrN2O. The highest BCUT2D eigenvalue weighted by Gasteiger charge is 2.34. The van der Waals surface area contributed by atoms with Gasteiger partial charge in [-0.2, -0.15) is 0 Å². The molecule has 2 aliphatic heterocycles. The van der Waals surface area contributed by atoms with E-state index < -0.39 is 0 Å². The number of benzene rings is 2. The first-order chi connectivity index (χ1) is 13.4. The first kappa shape index (κ1) is 17.5. The van der Waals surface area contributed by atoms with Crippen LogP contribution in [0.1, 0.15) is 43.7 Å². The highest BCUT2D eigenvalue weighted by molar-refractivity contribution is 9.10. The summed E-state index contributed by atoms with van der Waals surface area (Å²) in [6.45, 7) is 6.57. The number of hydrogen-bond donors (Lipinski definition) is 1. The number of nitrogens with zero attached hydrogens (tertiary/aromatic N) is 1. The average Bonchev–Trinajstić information content (AvgIpc) is 2.65. The van der Waals surface area contributed by atoms with Gasteiger partial charge in [0.1, 0.15) is 10.4 Å². The minimum absolute atomic E-state index is 0.0811. The number of rotatable bonds is 1. The van der Waals surface area contributed by atoms with E-state index in [4.69, 9.17) is 9.72 Å². The van der Waals surface area contributed by atoms with Crippen molar-refractivity contribution in [2.45, 2.75) is 32.4 Å². The molecule has 2 aromatic carbocycles. The van der Waals surface area contributed by atoms with Crippen molar-refractivity contribution in [1.29, 1.82) is 0 Å². The monoisotopic (exact) mass is 432 g/mol. The van der Waals surface area contributed by atoms with E-state index in [0.717, 1.165) is 27.3 Å². The summed E-state index contributed by atoms with van der Waals surface area (Å²) in [7, 11) is 0. The molecule has 28 heavy (non-hydrogen) atoms. The number of nitrogens with one attached hydrogen (secondary N) is 1. The highest BCUT2D eigenvalue weighted by atomic mass is 79.9. The molecule has 0 spiro atoms. The molecule has 0 bridgehead atoms. The van der Waals surface area contributed by atoms with Gasteiger partial charge in [-0.1, -0.05) is 36.4 Å². The number of ether oxygens (including phenoxy) is 1. The third kappa shape index (κ3) is 2.75. The maximum atomic E-state index is 6.53. The molecule has 4 heteroatoms. The summed E-state index contributed by atoms with van der Waals surface area (Å²) < 4.78 is 7.34. The molecule has 0 aliphatic carbocycles. The molecule has 0 amide bonds. The maximum Gasteiger partial charge on any atom is 0.167 e. The molecule has 1 N–H and O–H groups in total. The van der Waals surface area contributed by atoms with Crippen LogP contribution in [0.25, 0.3) is 16.7 Å². The molecule has 0 fully saturated rings. The van der Waals surface area contributed by atoms with E-state index in [-0.39, 0.29) is 11.6 Å². The SMILES string of the molecule is CC1=CC(C)(C)Nc2ccc3c(c21)[C@@H](c1cccc(Br)n1)Oc1ccccc1-3. The molecule has 0 unspecified atom stereocenters. The maximum absolute atomic E-state index is 6.53. The molecule has 3 nitrogen and oxygen atoms in total. The Kier molecular flexibility index (Phi) is 3.88. The predicted octanol–water partition coefficient (Wildman–Crippen LogP) is 6.60. The largest absolute Gasteiger partial charge is 0.479 e. The van der Waals surface area contributed by atoms with Gasteiger partial charge in [0, 0.05) is 22.4 Å². The van der Waals surface area contributed by atoms with Gasteiger partial charge >= 0.3 is 0 Å². The lowest BCUT2D eigenvalue weighted by Crippen LogP contribution is -2.32. The zero-order chi connectivity index (χ0) is 19.5. The molecule has 140 valence electrons. The summed E-state index contributed by atoms with van der Waals surface area (Å²) in [6.07, 6.45) is 2.03. The topological polar surface area (TPSA) is 34.2 Å². The Labute approximate surface area is 173 Å². The van der Waals surface area contributed by atoms with E-state index in [2.05, 4.69) is 72.4 Å². The van der Waals surface area contributed by atoms with Crippen LogP contribution >= 0.6 is 15.9 Å². The minimum atomic E-state index is -0.260. The Morgan fingerprint density at radius 2 is 1.82 bits per heavy atom. The van der Waals surface area contributed by atoms with Gasteiger partial charge < -0.3 is 10.1 Å². The number of anilines is 1. The molecule has 0 saturated heterocycles. The number of hydrogen-bond acceptors (Lipinski definition) is 3. The second-order valence-electron chi connectivity index (χ2n) is 8.00. The molecule has 1 aromatic heterocycles. The van der Waals surface area contributed by atoms with Crippen LogP contribution in [0, 0.1) is 0 Å². The van der Waals surface area contributed by atoms with Crippen molar-refractivity contribution in [2.75, 3.05) is 5.32 Å². The third-order valence-corrected chi connectivity index (χ3v) is 5.81. The molecule has 0 saturated carbocycles. The van der Waals surface area contributed by atoms with Crippen LogP contribution in [-0.2, 0) is 0 Å². The Balaban J connectivity index is 1.81. The lowest BCUT2D eigenvalue weighted by atomic mass is 9.81. The van der Waals surface area contributed by atoms with Gasteiger partial charge in [0.15, 0.2) is 6.10 Å². The van der Waals surface area contributed by atoms with Crippen molar-refractivity contribution in [2.24, 2.45) is 0 Å². The first-order valence-electron chi connectivity index (χ1n) is 9.46. The summed E-state index contributed by atoms with van der Waals surface area (Å²) in [5.41, 5.74) is 7.96. The molecule has 2 aliphatic rings. The first-order valence-corrected chi connectivity index (χ1v) is 10.3. The number of aromatic nitrogens is 1. The quantitative estimate of drug-likeness (QED) is 0.439. The van der Waals surface area contributed by atoms with Gasteiger partial charge in [-0.15, -0.1) is 0 Å². The van der Waals surface area contributed by atoms with Gasteiger partial charge in [0.25, 0.3) is 0 Å². The van der Waals surface area contributed by atoms with Crippen molar-refractivity contribution in [3.63, 3.8) is 0 Å². The lowest BCUT2D eigenvalue weighted by Gasteiger charge is -2.37. The van der Waals surface area contributed by atoms with Crippen LogP contribution in [0.5, 0.6) is 5.75 Å². The van der Waals surface area contributed by atoms with Crippen molar-refractivity contribution < 1.29 is 4.74 Å². The fourth-order valence-electron chi connectivity index (χ4n) is 4.41. The van der Waals surface area contributed by atoms with Gasteiger partial charge in [0.05, 0.1) is 11.2 Å². The average molecular weight is 433 g/mol. The minimum Gasteiger partial charge on any atom is -0.479 e. The summed E-state index contributed by atoms with van der Waals surface area (Å²) in [5, 5.41) is 3.66. The van der Waals surface area contributed by atoms with Crippen LogP contribution in [0.3, 0.4) is 0 Å². The van der Waals surface area contributed by atoms with E-state index in [1.165, 1.54) is 22.3 Å². The van der Waals surface area contributed by atoms with Crippen LogP contribution in [0.2, 0.25) is 0 Å². The summed E-state index contributed by atoms with van der Waals surface area (Å²) >= 11 is 3.51. The number of allylic oxidation sites excluding steroid dienone is 1. The van der Waals surface area contributed by atoms with Gasteiger partial charge in [-0.05, 0) is 72.1 Å². The van der Waals surface area contributed by atoms with Crippen LogP contribution in [0.4, 0.5) is 5.69 Å². The number of pyridine rings is 1. The third-order valence-electron chi connectivity index (χ3n) is 5.36. The standard InChI is InChI=1S/C24H21BrN2O/c1-14-13-24(2,3)27-17-12-11-16-15-7-4-5-9-19(15)28-23(22(16)21(14)17)18-8-6-10-20(25)26-18/h4-13,23,27H,1-3H3/t23-/m1/s1. The molecular weight excluding hydrogens is 412 g/mol. The van der Waals surface area contributed by atoms with E-state index >= 15 is 0 Å². The molecule has 5 rings (SSSR count). The van der Waals surface area contributed by atoms with Crippen molar-refractivity contribution in [1.82, 2.24) is 4.98 Å². The summed E-state index contributed by atoms with van der Waals surface area (Å²) in [4.78, 5) is 4.72. The van der Waals surface area contributed by atoms with Crippen LogP contribution < -0.4 is 10.1 Å². The van der Waals surface area contributed by atoms with E-state index in [1.807, 2.05) is 30.3 Å². The summed E-state index contributed by atoms with van der Waals surface area (Å²) in [6, 6.07) is 18.6. The van der Waals surface area contributed by atoms with Crippen LogP contribution in [0.15, 0.2) is 65.3 Å². The fraction of sp³-hybridized carbons (Fsp3) is 0.208. The van der Waals surface area contributed by atoms with Crippen molar-refractivity contribution >= 4 is 27.2 Å². The van der Waals surface area contributed by atoms with Crippen molar-refractivity contribution in [3.8, 4) is 16.9 Å². The smallest absolute Gasteiger partial charge is 0.167 e. The van der Waals surface area contributed by atoms with Crippen LogP contribution in [-0.4, -0.2) is 10.5 Å². The van der Waals surface area contributed by atoms with E-state index in [9.17, 15) is 0 Å². The lowest BCUT2D eigenvalue weighted by molar-refractivity contribution is 0.238. The van der Waals surface area contributed by atoms with Crippen molar-refractivity contribution in [3.05, 3.63) is 82.1 Å². The van der Waals surface area contributed by atoms with Gasteiger partial charge in [-0.3, -0.25) is 0 Å². The number of halogens is 1. The zero-order valence-electron chi connectivity index (χ0n) is 16.1. The number of para-hydroxylation sites is 1. The second-order valence-corrected chi connectivity index (χ2v) is 8.82. The Bertz CT molecular complexity index is 1130. The molecule has 1 atom stereocenters. The second kappa shape index (κ2) is 6.21. The fourth-order valence-corrected chi connectivity index (χ4v) is 4.77. The van der Waals surface area contributed by atoms with E-state index in [1.54, 1.807) is 0 Å². The normalized spacial score (nSPS) is 18.7. The molecule has 3 heterocycles. The zero-order valence-corrected chi connectivity index (χ0v) is 17.7. The predicted molar refractivity (Wildman–Crippen MR) is 118 cm³/mol. The number of fused-ring (bicyclic) bond motifs is 5. The van der Waals surface area contributed by atoms with Gasteiger partial charge in [-0.25, -0.2) is 4.98 Å².